The number of hydrogen-bond acceptors (Lipinski definition) is 5. The van der Waals surface area contributed by atoms with Crippen molar-refractivity contribution in [3.05, 3.63) is 29.7 Å². The van der Waals surface area contributed by atoms with Crippen LogP contribution in [0.2, 0.25) is 0 Å². The minimum Gasteiger partial charge on any atom is -0.462 e. The molecule has 8 heteroatoms. The fraction of sp³-hybridized carbons (Fsp3) is 0.182. The van der Waals surface area contributed by atoms with Gasteiger partial charge >= 0.3 is 16.1 Å². The SMILES string of the molecule is CCOC(=O)C1=Cc2cc(I)cc(I)c2OS1(=O)=O. The number of carbonyl (C=O) groups excluding carboxylic acids is 1. The van der Waals surface area contributed by atoms with Gasteiger partial charge in [-0.25, -0.2) is 4.79 Å². The van der Waals surface area contributed by atoms with Crippen molar-refractivity contribution in [2.24, 2.45) is 0 Å². The van der Waals surface area contributed by atoms with Crippen LogP contribution >= 0.6 is 45.2 Å². The summed E-state index contributed by atoms with van der Waals surface area (Å²) in [7, 11) is -4.11. The second-order valence-corrected chi connectivity index (χ2v) is 7.50. The van der Waals surface area contributed by atoms with Crippen LogP contribution in [0.3, 0.4) is 0 Å². The molecule has 0 radical (unpaired) electrons. The van der Waals surface area contributed by atoms with E-state index >= 15 is 0 Å². The molecule has 0 atom stereocenters. The van der Waals surface area contributed by atoms with Crippen LogP contribution in [0.1, 0.15) is 12.5 Å². The van der Waals surface area contributed by atoms with Crippen LogP contribution in [-0.4, -0.2) is 21.0 Å². The standard InChI is InChI=1S/C11H8I2O5S/c1-2-17-11(14)9-4-6-3-7(12)5-8(13)10(6)18-19(9,15)16/h3-5H,2H2,1H3. The van der Waals surface area contributed by atoms with Crippen molar-refractivity contribution in [2.45, 2.75) is 6.92 Å². The van der Waals surface area contributed by atoms with Crippen LogP contribution in [0.4, 0.5) is 0 Å². The first-order valence-electron chi connectivity index (χ1n) is 5.17. The Balaban J connectivity index is 2.61. The third-order valence-corrected chi connectivity index (χ3v) is 4.90. The number of carbonyl (C=O) groups is 1. The van der Waals surface area contributed by atoms with Crippen molar-refractivity contribution in [2.75, 3.05) is 6.61 Å². The maximum Gasteiger partial charge on any atom is 0.353 e. The first-order chi connectivity index (χ1) is 8.85. The first kappa shape index (κ1) is 15.0. The molecule has 0 saturated heterocycles. The Morgan fingerprint density at radius 3 is 2.68 bits per heavy atom. The summed E-state index contributed by atoms with van der Waals surface area (Å²) >= 11 is 4.09. The van der Waals surface area contributed by atoms with Gasteiger partial charge in [0.1, 0.15) is 0 Å². The predicted octanol–water partition coefficient (Wildman–Crippen LogP) is 2.52. The highest BCUT2D eigenvalue weighted by Gasteiger charge is 2.34. The Hall–Kier alpha value is -0.360. The van der Waals surface area contributed by atoms with Crippen molar-refractivity contribution in [3.63, 3.8) is 0 Å². The van der Waals surface area contributed by atoms with Crippen LogP contribution < -0.4 is 4.18 Å². The molecule has 5 nitrogen and oxygen atoms in total. The van der Waals surface area contributed by atoms with E-state index in [2.05, 4.69) is 22.6 Å². The van der Waals surface area contributed by atoms with Crippen LogP contribution in [0, 0.1) is 7.14 Å². The van der Waals surface area contributed by atoms with Gasteiger partial charge in [0.25, 0.3) is 0 Å². The third kappa shape index (κ3) is 3.05. The van der Waals surface area contributed by atoms with Gasteiger partial charge in [0.15, 0.2) is 10.7 Å². The van der Waals surface area contributed by atoms with Gasteiger partial charge < -0.3 is 8.92 Å². The molecule has 0 unspecified atom stereocenters. The van der Waals surface area contributed by atoms with Gasteiger partial charge in [-0.05, 0) is 70.3 Å². The van der Waals surface area contributed by atoms with E-state index in [0.717, 1.165) is 3.57 Å². The fourth-order valence-corrected chi connectivity index (χ4v) is 4.69. The summed E-state index contributed by atoms with van der Waals surface area (Å²) in [6.07, 6.45) is 1.29. The van der Waals surface area contributed by atoms with Gasteiger partial charge in [0, 0.05) is 9.13 Å². The molecule has 0 spiro atoms. The van der Waals surface area contributed by atoms with Crippen molar-refractivity contribution in [1.82, 2.24) is 0 Å². The van der Waals surface area contributed by atoms with Crippen molar-refractivity contribution < 1.29 is 22.1 Å². The predicted molar refractivity (Wildman–Crippen MR) is 86.0 cm³/mol. The minimum absolute atomic E-state index is 0.0996. The molecule has 0 aromatic heterocycles. The third-order valence-electron chi connectivity index (χ3n) is 2.26. The highest BCUT2D eigenvalue weighted by atomic mass is 127. The zero-order chi connectivity index (χ0) is 14.2. The molecule has 1 aromatic rings. The molecule has 0 fully saturated rings. The van der Waals surface area contributed by atoms with E-state index < -0.39 is 21.0 Å². The van der Waals surface area contributed by atoms with Crippen molar-refractivity contribution in [3.8, 4) is 5.75 Å². The minimum atomic E-state index is -4.11. The summed E-state index contributed by atoms with van der Waals surface area (Å²) in [5.41, 5.74) is 0.550. The van der Waals surface area contributed by atoms with Crippen LogP contribution in [0.15, 0.2) is 17.0 Å². The van der Waals surface area contributed by atoms with Gasteiger partial charge in [-0.2, -0.15) is 8.42 Å². The highest BCUT2D eigenvalue weighted by Crippen LogP contribution is 2.36. The molecule has 1 aliphatic rings. The molecule has 1 heterocycles. The van der Waals surface area contributed by atoms with Crippen LogP contribution in [0.25, 0.3) is 6.08 Å². The Morgan fingerprint density at radius 1 is 1.37 bits per heavy atom. The Kier molecular flexibility index (Phi) is 4.40. The summed E-state index contributed by atoms with van der Waals surface area (Å²) < 4.78 is 35.1. The zero-order valence-electron chi connectivity index (χ0n) is 9.64. The quantitative estimate of drug-likeness (QED) is 0.351. The maximum atomic E-state index is 11.9. The average molecular weight is 506 g/mol. The lowest BCUT2D eigenvalue weighted by Gasteiger charge is -2.18. The Morgan fingerprint density at radius 2 is 2.05 bits per heavy atom. The Labute approximate surface area is 137 Å². The summed E-state index contributed by atoms with van der Waals surface area (Å²) in [5, 5.41) is 0. The van der Waals surface area contributed by atoms with Crippen LogP contribution in [0.5, 0.6) is 5.75 Å². The lowest BCUT2D eigenvalue weighted by atomic mass is 10.2. The number of rotatable bonds is 2. The van der Waals surface area contributed by atoms with Crippen LogP contribution in [-0.2, 0) is 19.6 Å². The first-order valence-corrected chi connectivity index (χ1v) is 8.74. The van der Waals surface area contributed by atoms with E-state index in [-0.39, 0.29) is 12.4 Å². The fourth-order valence-electron chi connectivity index (χ4n) is 1.51. The van der Waals surface area contributed by atoms with Gasteiger partial charge in [0.2, 0.25) is 0 Å². The lowest BCUT2D eigenvalue weighted by Crippen LogP contribution is -2.24. The van der Waals surface area contributed by atoms with Gasteiger partial charge in [-0.1, -0.05) is 0 Å². The van der Waals surface area contributed by atoms with Gasteiger partial charge in [-0.3, -0.25) is 0 Å². The number of halogens is 2. The number of esters is 1. The second-order valence-electron chi connectivity index (χ2n) is 3.57. The molecular formula is C11H8I2O5S. The molecule has 0 N–H and O–H groups in total. The van der Waals surface area contributed by atoms with E-state index in [0.29, 0.717) is 9.13 Å². The molecule has 0 bridgehead atoms. The molecule has 1 aromatic carbocycles. The average Bonchev–Trinajstić information content (AvgIpc) is 2.29. The van der Waals surface area contributed by atoms with Crippen molar-refractivity contribution in [1.29, 1.82) is 0 Å². The molecule has 1 aliphatic heterocycles. The number of fused-ring (bicyclic) bond motifs is 1. The van der Waals surface area contributed by atoms with Gasteiger partial charge in [-0.15, -0.1) is 0 Å². The molecule has 0 saturated carbocycles. The van der Waals surface area contributed by atoms with E-state index in [9.17, 15) is 13.2 Å². The topological polar surface area (TPSA) is 69.7 Å². The molecule has 102 valence electrons. The van der Waals surface area contributed by atoms with E-state index in [1.165, 1.54) is 6.08 Å². The summed E-state index contributed by atoms with van der Waals surface area (Å²) in [4.78, 5) is 11.2. The molecule has 19 heavy (non-hydrogen) atoms. The summed E-state index contributed by atoms with van der Waals surface area (Å²) in [6.45, 7) is 1.71. The highest BCUT2D eigenvalue weighted by molar-refractivity contribution is 14.1. The monoisotopic (exact) mass is 506 g/mol. The largest absolute Gasteiger partial charge is 0.462 e. The van der Waals surface area contributed by atoms with E-state index in [1.54, 1.807) is 19.1 Å². The second kappa shape index (κ2) is 5.56. The van der Waals surface area contributed by atoms with E-state index in [1.807, 2.05) is 22.6 Å². The smallest absolute Gasteiger partial charge is 0.353 e. The van der Waals surface area contributed by atoms with E-state index in [4.69, 9.17) is 8.92 Å². The van der Waals surface area contributed by atoms with Gasteiger partial charge in [0.05, 0.1) is 10.2 Å². The summed E-state index contributed by atoms with van der Waals surface area (Å²) in [6, 6.07) is 3.53. The number of hydrogen-bond donors (Lipinski definition) is 0. The number of benzene rings is 1. The molecule has 0 aliphatic carbocycles. The maximum absolute atomic E-state index is 11.9. The lowest BCUT2D eigenvalue weighted by molar-refractivity contribution is -0.137. The zero-order valence-corrected chi connectivity index (χ0v) is 14.8. The molecule has 2 rings (SSSR count). The normalized spacial score (nSPS) is 16.1. The number of ether oxygens (including phenoxy) is 1. The Bertz CT molecular complexity index is 679. The molecule has 0 amide bonds. The molecular weight excluding hydrogens is 498 g/mol. The summed E-state index contributed by atoms with van der Waals surface area (Å²) in [5.74, 6) is -0.656. The van der Waals surface area contributed by atoms with Crippen molar-refractivity contribution >= 4 is 67.3 Å².